The number of nitrogens with two attached hydrogens (primary N) is 1. The molecule has 6 heteroatoms. The summed E-state index contributed by atoms with van der Waals surface area (Å²) < 4.78 is 2.02. The zero-order valence-electron chi connectivity index (χ0n) is 13.4. The molecule has 1 aromatic heterocycles. The van der Waals surface area contributed by atoms with E-state index in [4.69, 9.17) is 40.5 Å². The van der Waals surface area contributed by atoms with Crippen LogP contribution in [-0.4, -0.2) is 10.5 Å². The molecule has 0 aliphatic rings. The summed E-state index contributed by atoms with van der Waals surface area (Å²) >= 11 is 18.9. The Bertz CT molecular complexity index is 1160. The number of benzene rings is 3. The highest BCUT2D eigenvalue weighted by molar-refractivity contribution is 6.36. The van der Waals surface area contributed by atoms with Crippen molar-refractivity contribution in [2.45, 2.75) is 6.54 Å². The Kier molecular flexibility index (Phi) is 4.31. The van der Waals surface area contributed by atoms with Crippen LogP contribution in [0.1, 0.15) is 15.9 Å². The van der Waals surface area contributed by atoms with Gasteiger partial charge in [-0.05, 0) is 42.5 Å². The summed E-state index contributed by atoms with van der Waals surface area (Å²) in [5.41, 5.74) is 8.48. The number of nitrogens with zero attached hydrogens (tertiary/aromatic N) is 1. The van der Waals surface area contributed by atoms with Crippen molar-refractivity contribution in [3.8, 4) is 0 Å². The molecule has 0 aliphatic carbocycles. The number of hydrogen-bond acceptors (Lipinski definition) is 1. The van der Waals surface area contributed by atoms with Gasteiger partial charge in [-0.25, -0.2) is 0 Å². The summed E-state index contributed by atoms with van der Waals surface area (Å²) in [6.07, 6.45) is 0. The molecule has 0 fully saturated rings. The second kappa shape index (κ2) is 6.51. The maximum absolute atomic E-state index is 11.9. The first-order valence-corrected chi connectivity index (χ1v) is 8.95. The van der Waals surface area contributed by atoms with E-state index in [9.17, 15) is 4.79 Å². The third-order valence-electron chi connectivity index (χ3n) is 4.40. The van der Waals surface area contributed by atoms with E-state index in [1.807, 2.05) is 16.7 Å². The first-order valence-electron chi connectivity index (χ1n) is 7.82. The molecule has 4 aromatic rings. The van der Waals surface area contributed by atoms with E-state index < -0.39 is 5.91 Å². The lowest BCUT2D eigenvalue weighted by Crippen LogP contribution is -2.11. The molecule has 1 radical (unpaired) electrons. The summed E-state index contributed by atoms with van der Waals surface area (Å²) in [6, 6.07) is 17.5. The number of fused-ring (bicyclic) bond motifs is 3. The smallest absolute Gasteiger partial charge is 0.249 e. The molecule has 0 atom stereocenters. The number of aromatic nitrogens is 1. The Balaban J connectivity index is 2.09. The van der Waals surface area contributed by atoms with Crippen LogP contribution in [0.5, 0.6) is 0 Å². The molecule has 0 aliphatic heterocycles. The molecule has 26 heavy (non-hydrogen) atoms. The lowest BCUT2D eigenvalue weighted by Gasteiger charge is -2.11. The zero-order valence-corrected chi connectivity index (χ0v) is 15.7. The highest BCUT2D eigenvalue weighted by Crippen LogP contribution is 2.35. The van der Waals surface area contributed by atoms with E-state index in [1.165, 1.54) is 0 Å². The number of carbonyl (C=O) groups is 1. The Morgan fingerprint density at radius 3 is 2.42 bits per heavy atom. The number of halogens is 3. The topological polar surface area (TPSA) is 48.0 Å². The summed E-state index contributed by atoms with van der Waals surface area (Å²) in [6.45, 7) is 0.426. The fraction of sp³-hybridized carbons (Fsp3) is 0.0500. The standard InChI is InChI=1S/C20H12Cl3N2O/c21-11-7-8-12-18(9-11)25(10-14-15(22)4-2-5-16(14)23)17-6-1-3-13(19(12)17)20(24)26/h1-7,9H,10H2,(H2,24,26). The second-order valence-electron chi connectivity index (χ2n) is 5.93. The average molecular weight is 403 g/mol. The van der Waals surface area contributed by atoms with Crippen molar-refractivity contribution in [2.75, 3.05) is 0 Å². The van der Waals surface area contributed by atoms with Crippen molar-refractivity contribution in [3.63, 3.8) is 0 Å². The van der Waals surface area contributed by atoms with Gasteiger partial charge in [-0.15, -0.1) is 0 Å². The van der Waals surface area contributed by atoms with Crippen LogP contribution in [0, 0.1) is 6.07 Å². The fourth-order valence-electron chi connectivity index (χ4n) is 3.25. The number of primary amides is 1. The average Bonchev–Trinajstić information content (AvgIpc) is 2.91. The van der Waals surface area contributed by atoms with Crippen LogP contribution in [-0.2, 0) is 6.54 Å². The predicted molar refractivity (Wildman–Crippen MR) is 107 cm³/mol. The van der Waals surface area contributed by atoms with E-state index >= 15 is 0 Å². The van der Waals surface area contributed by atoms with E-state index in [1.54, 1.807) is 36.4 Å². The zero-order chi connectivity index (χ0) is 18.4. The van der Waals surface area contributed by atoms with Gasteiger partial charge in [0, 0.05) is 37.0 Å². The lowest BCUT2D eigenvalue weighted by molar-refractivity contribution is 0.100. The maximum atomic E-state index is 11.9. The highest BCUT2D eigenvalue weighted by Gasteiger charge is 2.18. The van der Waals surface area contributed by atoms with Gasteiger partial charge in [-0.2, -0.15) is 0 Å². The van der Waals surface area contributed by atoms with Crippen LogP contribution < -0.4 is 5.73 Å². The third kappa shape index (κ3) is 2.73. The second-order valence-corrected chi connectivity index (χ2v) is 7.18. The van der Waals surface area contributed by atoms with Gasteiger partial charge in [0.05, 0.1) is 17.6 Å². The Hall–Kier alpha value is -2.20. The molecule has 3 nitrogen and oxygen atoms in total. The van der Waals surface area contributed by atoms with Gasteiger partial charge in [0.2, 0.25) is 5.91 Å². The molecule has 1 heterocycles. The van der Waals surface area contributed by atoms with Crippen molar-refractivity contribution < 1.29 is 4.79 Å². The number of rotatable bonds is 3. The van der Waals surface area contributed by atoms with E-state index in [0.717, 1.165) is 27.4 Å². The molecule has 129 valence electrons. The summed E-state index contributed by atoms with van der Waals surface area (Å²) in [7, 11) is 0. The molecule has 0 bridgehead atoms. The molecular weight excluding hydrogens is 391 g/mol. The van der Waals surface area contributed by atoms with Crippen LogP contribution in [0.3, 0.4) is 0 Å². The van der Waals surface area contributed by atoms with Gasteiger partial charge >= 0.3 is 0 Å². The summed E-state index contributed by atoms with van der Waals surface area (Å²) in [4.78, 5) is 11.9. The van der Waals surface area contributed by atoms with Gasteiger partial charge in [0.1, 0.15) is 0 Å². The van der Waals surface area contributed by atoms with Crippen molar-refractivity contribution >= 4 is 62.5 Å². The van der Waals surface area contributed by atoms with Crippen molar-refractivity contribution in [3.05, 3.63) is 80.8 Å². The minimum absolute atomic E-state index is 0.426. The maximum Gasteiger partial charge on any atom is 0.249 e. The molecule has 1 amide bonds. The Morgan fingerprint density at radius 1 is 1.04 bits per heavy atom. The van der Waals surface area contributed by atoms with Crippen LogP contribution in [0.25, 0.3) is 21.8 Å². The Morgan fingerprint density at radius 2 is 1.73 bits per heavy atom. The molecule has 2 N–H and O–H groups in total. The van der Waals surface area contributed by atoms with E-state index in [2.05, 4.69) is 6.07 Å². The van der Waals surface area contributed by atoms with E-state index in [-0.39, 0.29) is 0 Å². The monoisotopic (exact) mass is 401 g/mol. The minimum atomic E-state index is -0.492. The first kappa shape index (κ1) is 17.2. The van der Waals surface area contributed by atoms with E-state index in [0.29, 0.717) is 27.2 Å². The number of carbonyl (C=O) groups excluding carboxylic acids is 1. The first-order chi connectivity index (χ1) is 12.5. The summed E-state index contributed by atoms with van der Waals surface area (Å²) in [5, 5.41) is 3.22. The number of hydrogen-bond donors (Lipinski definition) is 1. The predicted octanol–water partition coefficient (Wildman–Crippen LogP) is 5.70. The van der Waals surface area contributed by atoms with Gasteiger partial charge in [0.25, 0.3) is 0 Å². The highest BCUT2D eigenvalue weighted by atomic mass is 35.5. The largest absolute Gasteiger partial charge is 0.366 e. The number of amides is 1. The van der Waals surface area contributed by atoms with Crippen LogP contribution in [0.2, 0.25) is 15.1 Å². The van der Waals surface area contributed by atoms with Gasteiger partial charge in [-0.1, -0.05) is 46.9 Å². The third-order valence-corrected chi connectivity index (χ3v) is 5.33. The van der Waals surface area contributed by atoms with Gasteiger partial charge < -0.3 is 10.3 Å². The fourth-order valence-corrected chi connectivity index (χ4v) is 3.92. The lowest BCUT2D eigenvalue weighted by atomic mass is 10.1. The van der Waals surface area contributed by atoms with Crippen molar-refractivity contribution in [2.24, 2.45) is 5.73 Å². The van der Waals surface area contributed by atoms with Crippen LogP contribution >= 0.6 is 34.8 Å². The minimum Gasteiger partial charge on any atom is -0.366 e. The summed E-state index contributed by atoms with van der Waals surface area (Å²) in [5.74, 6) is -0.492. The van der Waals surface area contributed by atoms with Gasteiger partial charge in [-0.3, -0.25) is 4.79 Å². The molecule has 0 spiro atoms. The quantitative estimate of drug-likeness (QED) is 0.469. The SMILES string of the molecule is NC(=O)c1cccc2c1c1[c]cc(Cl)cc1n2Cc1c(Cl)cccc1Cl. The molecule has 0 saturated heterocycles. The molecular formula is C20H12Cl3N2O. The molecule has 0 saturated carbocycles. The molecule has 4 rings (SSSR count). The van der Waals surface area contributed by atoms with Crippen LogP contribution in [0.15, 0.2) is 48.5 Å². The van der Waals surface area contributed by atoms with Crippen LogP contribution in [0.4, 0.5) is 0 Å². The molecule has 0 unspecified atom stereocenters. The molecule has 3 aromatic carbocycles. The van der Waals surface area contributed by atoms with Crippen molar-refractivity contribution in [1.82, 2.24) is 4.57 Å². The normalized spacial score (nSPS) is 11.3. The van der Waals surface area contributed by atoms with Crippen molar-refractivity contribution in [1.29, 1.82) is 0 Å². The van der Waals surface area contributed by atoms with Gasteiger partial charge in [0.15, 0.2) is 0 Å². The Labute approximate surface area is 164 Å².